The van der Waals surface area contributed by atoms with Gasteiger partial charge in [0, 0.05) is 24.4 Å². The van der Waals surface area contributed by atoms with Crippen molar-refractivity contribution in [1.82, 2.24) is 4.98 Å². The Morgan fingerprint density at radius 2 is 2.14 bits per heavy atom. The Balaban J connectivity index is 2.63. The lowest BCUT2D eigenvalue weighted by Crippen LogP contribution is -2.32. The molecule has 2 N–H and O–H groups in total. The van der Waals surface area contributed by atoms with Gasteiger partial charge in [-0.2, -0.15) is 5.26 Å². The average Bonchev–Trinajstić information content (AvgIpc) is 2.70. The van der Waals surface area contributed by atoms with E-state index in [1.54, 1.807) is 32.2 Å². The standard InChI is InChI=1S/C19H18N4O6/c1-4-22(15-10-21-6-5-11(15)2)19(26)13(9-20)17(24)12-7-14(23(27)28)18(25)16(8-12)29-3/h5-8,10,24-25H,4H2,1-3H3/b17-13-. The molecule has 10 nitrogen and oxygen atoms in total. The quantitative estimate of drug-likeness (QED) is 0.248. The normalized spacial score (nSPS) is 11.2. The predicted molar refractivity (Wildman–Crippen MR) is 103 cm³/mol. The molecule has 1 aromatic carbocycles. The number of nitro groups is 1. The molecule has 0 fully saturated rings. The zero-order chi connectivity index (χ0) is 21.7. The number of nitrogens with zero attached hydrogens (tertiary/aromatic N) is 4. The number of phenols is 1. The molecule has 1 aromatic heterocycles. The summed E-state index contributed by atoms with van der Waals surface area (Å²) in [6.45, 7) is 3.63. The molecule has 1 heterocycles. The Labute approximate surface area is 166 Å². The lowest BCUT2D eigenvalue weighted by Gasteiger charge is -2.22. The molecule has 1 amide bonds. The molecule has 0 aliphatic heterocycles. The van der Waals surface area contributed by atoms with Gasteiger partial charge in [-0.1, -0.05) is 0 Å². The summed E-state index contributed by atoms with van der Waals surface area (Å²) in [5.74, 6) is -2.61. The van der Waals surface area contributed by atoms with Crippen molar-refractivity contribution < 1.29 is 24.7 Å². The van der Waals surface area contributed by atoms with E-state index < -0.39 is 33.6 Å². The number of aromatic nitrogens is 1. The van der Waals surface area contributed by atoms with Crippen molar-refractivity contribution >= 4 is 23.0 Å². The van der Waals surface area contributed by atoms with Crippen LogP contribution < -0.4 is 9.64 Å². The van der Waals surface area contributed by atoms with Crippen molar-refractivity contribution in [3.63, 3.8) is 0 Å². The summed E-state index contributed by atoms with van der Waals surface area (Å²) in [5.41, 5.74) is -0.415. The summed E-state index contributed by atoms with van der Waals surface area (Å²) in [6.07, 6.45) is 3.01. The molecule has 10 heteroatoms. The lowest BCUT2D eigenvalue weighted by molar-refractivity contribution is -0.386. The molecule has 0 unspecified atom stereocenters. The van der Waals surface area contributed by atoms with Crippen LogP contribution in [0.3, 0.4) is 0 Å². The fraction of sp³-hybridized carbons (Fsp3) is 0.211. The van der Waals surface area contributed by atoms with Gasteiger partial charge < -0.3 is 19.8 Å². The molecule has 0 atom stereocenters. The second kappa shape index (κ2) is 8.71. The number of nitro benzene ring substituents is 1. The first-order chi connectivity index (χ1) is 13.8. The number of carbonyl (C=O) groups excluding carboxylic acids is 1. The number of aliphatic hydroxyl groups excluding tert-OH is 1. The number of rotatable bonds is 6. The Bertz CT molecular complexity index is 1040. The fourth-order valence-corrected chi connectivity index (χ4v) is 2.67. The van der Waals surface area contributed by atoms with Crippen molar-refractivity contribution in [2.75, 3.05) is 18.6 Å². The Morgan fingerprint density at radius 3 is 2.66 bits per heavy atom. The van der Waals surface area contributed by atoms with Crippen LogP contribution in [-0.2, 0) is 4.79 Å². The SMILES string of the molecule is CCN(C(=O)/C(C#N)=C(\O)c1cc(OC)c(O)c([N+](=O)[O-])c1)c1cnccc1C. The van der Waals surface area contributed by atoms with E-state index in [1.165, 1.54) is 18.2 Å². The van der Waals surface area contributed by atoms with Gasteiger partial charge >= 0.3 is 5.69 Å². The molecule has 150 valence electrons. The first-order valence-corrected chi connectivity index (χ1v) is 8.38. The molecule has 0 radical (unpaired) electrons. The summed E-state index contributed by atoms with van der Waals surface area (Å²) >= 11 is 0. The number of aliphatic hydroxyl groups is 1. The third-order valence-corrected chi connectivity index (χ3v) is 4.17. The number of nitriles is 1. The number of aryl methyl sites for hydroxylation is 1. The fourth-order valence-electron chi connectivity index (χ4n) is 2.67. The number of ether oxygens (including phenoxy) is 1. The molecule has 29 heavy (non-hydrogen) atoms. The summed E-state index contributed by atoms with van der Waals surface area (Å²) in [6, 6.07) is 5.28. The number of amides is 1. The molecular formula is C19H18N4O6. The summed E-state index contributed by atoms with van der Waals surface area (Å²) in [5, 5.41) is 41.1. The maximum atomic E-state index is 13.0. The monoisotopic (exact) mass is 398 g/mol. The van der Waals surface area contributed by atoms with E-state index in [4.69, 9.17) is 4.74 Å². The maximum Gasteiger partial charge on any atom is 0.315 e. The van der Waals surface area contributed by atoms with Crippen LogP contribution in [0.1, 0.15) is 18.1 Å². The summed E-state index contributed by atoms with van der Waals surface area (Å²) in [4.78, 5) is 28.5. The number of carbonyl (C=O) groups is 1. The van der Waals surface area contributed by atoms with Crippen LogP contribution in [0.15, 0.2) is 36.2 Å². The van der Waals surface area contributed by atoms with Crippen molar-refractivity contribution in [3.05, 3.63) is 57.4 Å². The van der Waals surface area contributed by atoms with Crippen molar-refractivity contribution in [3.8, 4) is 17.6 Å². The van der Waals surface area contributed by atoms with Crippen LogP contribution in [0.5, 0.6) is 11.5 Å². The largest absolute Gasteiger partial charge is 0.506 e. The van der Waals surface area contributed by atoms with Crippen LogP contribution in [0.2, 0.25) is 0 Å². The number of phenolic OH excluding ortho intramolecular Hbond substituents is 1. The number of aromatic hydroxyl groups is 1. The number of hydrogen-bond donors (Lipinski definition) is 2. The van der Waals surface area contributed by atoms with Gasteiger partial charge in [0.2, 0.25) is 5.75 Å². The second-order valence-corrected chi connectivity index (χ2v) is 5.85. The number of hydrogen-bond acceptors (Lipinski definition) is 8. The van der Waals surface area contributed by atoms with Crippen LogP contribution in [-0.4, -0.2) is 39.7 Å². The highest BCUT2D eigenvalue weighted by atomic mass is 16.6. The minimum absolute atomic E-state index is 0.183. The Morgan fingerprint density at radius 1 is 1.45 bits per heavy atom. The summed E-state index contributed by atoms with van der Waals surface area (Å²) in [7, 11) is 1.17. The third-order valence-electron chi connectivity index (χ3n) is 4.17. The number of methoxy groups -OCH3 is 1. The molecule has 0 aliphatic rings. The first-order valence-electron chi connectivity index (χ1n) is 8.38. The summed E-state index contributed by atoms with van der Waals surface area (Å²) < 4.78 is 4.88. The minimum atomic E-state index is -0.875. The number of likely N-dealkylation sites (N-methyl/N-ethyl adjacent to an activating group) is 1. The first kappa shape index (κ1) is 21.2. The van der Waals surface area contributed by atoms with E-state index in [0.29, 0.717) is 5.69 Å². The molecular weight excluding hydrogens is 380 g/mol. The van der Waals surface area contributed by atoms with Gasteiger partial charge in [0.25, 0.3) is 5.91 Å². The van der Waals surface area contributed by atoms with Gasteiger partial charge in [0.1, 0.15) is 11.8 Å². The van der Waals surface area contributed by atoms with E-state index in [-0.39, 0.29) is 17.9 Å². The molecule has 0 saturated heterocycles. The Hall–Kier alpha value is -4.13. The topological polar surface area (TPSA) is 150 Å². The number of pyridine rings is 1. The minimum Gasteiger partial charge on any atom is -0.506 e. The third kappa shape index (κ3) is 4.08. The van der Waals surface area contributed by atoms with E-state index >= 15 is 0 Å². The smallest absolute Gasteiger partial charge is 0.315 e. The second-order valence-electron chi connectivity index (χ2n) is 5.85. The number of anilines is 1. The van der Waals surface area contributed by atoms with Crippen LogP contribution in [0.4, 0.5) is 11.4 Å². The van der Waals surface area contributed by atoms with E-state index in [2.05, 4.69) is 4.98 Å². The molecule has 0 spiro atoms. The van der Waals surface area contributed by atoms with Gasteiger partial charge in [-0.05, 0) is 31.5 Å². The molecule has 2 aromatic rings. The maximum absolute atomic E-state index is 13.0. The van der Waals surface area contributed by atoms with Gasteiger partial charge in [-0.3, -0.25) is 19.9 Å². The van der Waals surface area contributed by atoms with Crippen molar-refractivity contribution in [2.24, 2.45) is 0 Å². The van der Waals surface area contributed by atoms with E-state index in [9.17, 15) is 30.4 Å². The van der Waals surface area contributed by atoms with Crippen molar-refractivity contribution in [1.29, 1.82) is 5.26 Å². The highest BCUT2D eigenvalue weighted by molar-refractivity contribution is 6.12. The molecule has 0 saturated carbocycles. The highest BCUT2D eigenvalue weighted by Gasteiger charge is 2.27. The van der Waals surface area contributed by atoms with Crippen molar-refractivity contribution in [2.45, 2.75) is 13.8 Å². The van der Waals surface area contributed by atoms with E-state index in [1.807, 2.05) is 0 Å². The zero-order valence-corrected chi connectivity index (χ0v) is 15.9. The van der Waals surface area contributed by atoms with Crippen LogP contribution in [0, 0.1) is 28.4 Å². The zero-order valence-electron chi connectivity index (χ0n) is 15.9. The predicted octanol–water partition coefficient (Wildman–Crippen LogP) is 2.86. The van der Waals surface area contributed by atoms with Crippen LogP contribution >= 0.6 is 0 Å². The van der Waals surface area contributed by atoms with Gasteiger partial charge in [-0.15, -0.1) is 0 Å². The highest BCUT2D eigenvalue weighted by Crippen LogP contribution is 2.39. The molecule has 0 bridgehead atoms. The average molecular weight is 398 g/mol. The van der Waals surface area contributed by atoms with Gasteiger partial charge in [-0.25, -0.2) is 0 Å². The number of benzene rings is 1. The van der Waals surface area contributed by atoms with Crippen LogP contribution in [0.25, 0.3) is 5.76 Å². The molecule has 2 rings (SSSR count). The van der Waals surface area contributed by atoms with Gasteiger partial charge in [0.15, 0.2) is 11.3 Å². The Kier molecular flexibility index (Phi) is 6.36. The lowest BCUT2D eigenvalue weighted by atomic mass is 10.1. The van der Waals surface area contributed by atoms with Gasteiger partial charge in [0.05, 0.1) is 23.9 Å². The van der Waals surface area contributed by atoms with E-state index in [0.717, 1.165) is 17.7 Å². The molecule has 0 aliphatic carbocycles.